The van der Waals surface area contributed by atoms with E-state index in [9.17, 15) is 0 Å². The van der Waals surface area contributed by atoms with E-state index in [1.165, 1.54) is 0 Å². The molecule has 6 nitrogen and oxygen atoms in total. The molecule has 0 amide bonds. The maximum absolute atomic E-state index is 8.71. The van der Waals surface area contributed by atoms with Crippen LogP contribution in [0.5, 0.6) is 0 Å². The van der Waals surface area contributed by atoms with Crippen molar-refractivity contribution in [1.82, 2.24) is 9.97 Å². The van der Waals surface area contributed by atoms with E-state index >= 15 is 0 Å². The predicted molar refractivity (Wildman–Crippen MR) is 77.8 cm³/mol. The molecule has 1 heterocycles. The number of hydrogen-bond acceptors (Lipinski definition) is 5. The Morgan fingerprint density at radius 2 is 2.15 bits per heavy atom. The van der Waals surface area contributed by atoms with Gasteiger partial charge in [0.1, 0.15) is 12.1 Å². The van der Waals surface area contributed by atoms with Gasteiger partial charge >= 0.3 is 0 Å². The third kappa shape index (κ3) is 3.23. The number of oxime groups is 1. The fourth-order valence-electron chi connectivity index (χ4n) is 1.89. The summed E-state index contributed by atoms with van der Waals surface area (Å²) in [6.45, 7) is 2.60. The number of anilines is 1. The molecule has 3 N–H and O–H groups in total. The minimum Gasteiger partial charge on any atom is -0.409 e. The van der Waals surface area contributed by atoms with Crippen LogP contribution in [0.2, 0.25) is 0 Å². The molecule has 2 rings (SSSR count). The first-order chi connectivity index (χ1) is 9.60. The summed E-state index contributed by atoms with van der Waals surface area (Å²) in [5.74, 6) is 0.957. The fourth-order valence-corrected chi connectivity index (χ4v) is 1.89. The van der Waals surface area contributed by atoms with Gasteiger partial charge in [0.05, 0.1) is 0 Å². The van der Waals surface area contributed by atoms with Gasteiger partial charge in [-0.1, -0.05) is 23.4 Å². The highest BCUT2D eigenvalue weighted by Gasteiger charge is 2.06. The van der Waals surface area contributed by atoms with Crippen LogP contribution in [0, 0.1) is 6.92 Å². The molecule has 0 aliphatic rings. The van der Waals surface area contributed by atoms with Gasteiger partial charge in [-0.15, -0.1) is 0 Å². The van der Waals surface area contributed by atoms with Crippen molar-refractivity contribution in [2.45, 2.75) is 13.5 Å². The van der Waals surface area contributed by atoms with Gasteiger partial charge in [-0.05, 0) is 18.6 Å². The number of nitrogens with two attached hydrogens (primary N) is 1. The topological polar surface area (TPSA) is 87.6 Å². The Labute approximate surface area is 117 Å². The third-order valence-corrected chi connectivity index (χ3v) is 2.93. The Bertz CT molecular complexity index is 626. The maximum atomic E-state index is 8.71. The van der Waals surface area contributed by atoms with Crippen molar-refractivity contribution in [3.8, 4) is 0 Å². The van der Waals surface area contributed by atoms with Gasteiger partial charge in [-0.3, -0.25) is 0 Å². The Morgan fingerprint density at radius 3 is 2.85 bits per heavy atom. The lowest BCUT2D eigenvalue weighted by Gasteiger charge is -2.18. The Kier molecular flexibility index (Phi) is 4.14. The van der Waals surface area contributed by atoms with E-state index in [-0.39, 0.29) is 5.84 Å². The van der Waals surface area contributed by atoms with E-state index in [0.29, 0.717) is 12.1 Å². The highest BCUT2D eigenvalue weighted by molar-refractivity contribution is 5.97. The molecule has 20 heavy (non-hydrogen) atoms. The van der Waals surface area contributed by atoms with E-state index in [4.69, 9.17) is 10.9 Å². The summed E-state index contributed by atoms with van der Waals surface area (Å²) in [5.41, 5.74) is 8.25. The van der Waals surface area contributed by atoms with Crippen LogP contribution in [0.4, 0.5) is 5.82 Å². The van der Waals surface area contributed by atoms with Gasteiger partial charge in [-0.25, -0.2) is 9.97 Å². The lowest BCUT2D eigenvalue weighted by Crippen LogP contribution is -2.19. The number of rotatable bonds is 4. The number of benzene rings is 1. The van der Waals surface area contributed by atoms with Gasteiger partial charge in [0.15, 0.2) is 5.84 Å². The largest absolute Gasteiger partial charge is 0.409 e. The van der Waals surface area contributed by atoms with Crippen molar-refractivity contribution in [2.24, 2.45) is 10.9 Å². The third-order valence-electron chi connectivity index (χ3n) is 2.93. The molecule has 0 saturated carbocycles. The molecular formula is C14H17N5O. The zero-order valence-corrected chi connectivity index (χ0v) is 11.5. The van der Waals surface area contributed by atoms with E-state index in [1.807, 2.05) is 43.1 Å². The Hall–Kier alpha value is -2.63. The van der Waals surface area contributed by atoms with Crippen molar-refractivity contribution in [1.29, 1.82) is 0 Å². The van der Waals surface area contributed by atoms with E-state index in [1.54, 1.807) is 12.4 Å². The molecule has 0 saturated heterocycles. The fraction of sp³-hybridized carbons (Fsp3) is 0.214. The normalized spacial score (nSPS) is 11.4. The average molecular weight is 271 g/mol. The second-order valence-corrected chi connectivity index (χ2v) is 4.56. The van der Waals surface area contributed by atoms with Crippen molar-refractivity contribution < 1.29 is 5.21 Å². The molecule has 0 aliphatic heterocycles. The van der Waals surface area contributed by atoms with E-state index in [2.05, 4.69) is 15.1 Å². The molecule has 0 spiro atoms. The monoisotopic (exact) mass is 271 g/mol. The van der Waals surface area contributed by atoms with Crippen molar-refractivity contribution in [2.75, 3.05) is 11.9 Å². The smallest absolute Gasteiger partial charge is 0.170 e. The molecule has 2 aromatic rings. The lowest BCUT2D eigenvalue weighted by molar-refractivity contribution is 0.318. The van der Waals surface area contributed by atoms with Gasteiger partial charge in [-0.2, -0.15) is 0 Å². The second kappa shape index (κ2) is 6.01. The second-order valence-electron chi connectivity index (χ2n) is 4.56. The molecule has 6 heteroatoms. The molecule has 0 unspecified atom stereocenters. The van der Waals surface area contributed by atoms with Crippen LogP contribution in [0.3, 0.4) is 0 Å². The first kappa shape index (κ1) is 13.8. The summed E-state index contributed by atoms with van der Waals surface area (Å²) in [6.07, 6.45) is 1.55. The quantitative estimate of drug-likeness (QED) is 0.381. The number of amidine groups is 1. The molecule has 0 aliphatic carbocycles. The minimum absolute atomic E-state index is 0.104. The summed E-state index contributed by atoms with van der Waals surface area (Å²) in [4.78, 5) is 10.3. The summed E-state index contributed by atoms with van der Waals surface area (Å²) in [7, 11) is 1.96. The molecule has 104 valence electrons. The van der Waals surface area contributed by atoms with Crippen LogP contribution in [0.15, 0.2) is 41.8 Å². The standard InChI is InChI=1S/C14H17N5O/c1-10-6-13(17-9-16-10)19(2)8-11-4-3-5-12(7-11)14(15)18-20/h3-7,9,20H,8H2,1-2H3,(H2,15,18). The molecular weight excluding hydrogens is 254 g/mol. The van der Waals surface area contributed by atoms with Gasteiger partial charge in [0.2, 0.25) is 0 Å². The van der Waals surface area contributed by atoms with Gasteiger partial charge < -0.3 is 15.8 Å². The molecule has 1 aromatic heterocycles. The van der Waals surface area contributed by atoms with Crippen LogP contribution in [0.25, 0.3) is 0 Å². The van der Waals surface area contributed by atoms with Crippen molar-refractivity contribution in [3.63, 3.8) is 0 Å². The zero-order valence-electron chi connectivity index (χ0n) is 11.5. The van der Waals surface area contributed by atoms with Gasteiger partial charge in [0, 0.05) is 30.9 Å². The van der Waals surface area contributed by atoms with Gasteiger partial charge in [0.25, 0.3) is 0 Å². The summed E-state index contributed by atoms with van der Waals surface area (Å²) < 4.78 is 0. The van der Waals surface area contributed by atoms with E-state index in [0.717, 1.165) is 17.1 Å². The van der Waals surface area contributed by atoms with Crippen molar-refractivity contribution >= 4 is 11.7 Å². The van der Waals surface area contributed by atoms with Crippen LogP contribution in [-0.2, 0) is 6.54 Å². The maximum Gasteiger partial charge on any atom is 0.170 e. The number of hydrogen-bond donors (Lipinski definition) is 2. The number of aromatic nitrogens is 2. The van der Waals surface area contributed by atoms with Crippen LogP contribution >= 0.6 is 0 Å². The van der Waals surface area contributed by atoms with Crippen LogP contribution in [-0.4, -0.2) is 28.1 Å². The minimum atomic E-state index is 0.104. The first-order valence-electron chi connectivity index (χ1n) is 6.17. The highest BCUT2D eigenvalue weighted by atomic mass is 16.4. The first-order valence-corrected chi connectivity index (χ1v) is 6.17. The Morgan fingerprint density at radius 1 is 1.35 bits per heavy atom. The summed E-state index contributed by atoms with van der Waals surface area (Å²) in [6, 6.07) is 9.47. The molecule has 1 aromatic carbocycles. The highest BCUT2D eigenvalue weighted by Crippen LogP contribution is 2.13. The number of nitrogens with zero attached hydrogens (tertiary/aromatic N) is 4. The molecule has 0 atom stereocenters. The summed E-state index contributed by atoms with van der Waals surface area (Å²) >= 11 is 0. The Balaban J connectivity index is 2.17. The SMILES string of the molecule is Cc1cc(N(C)Cc2cccc(C(N)=NO)c2)ncn1. The molecule has 0 fully saturated rings. The van der Waals surface area contributed by atoms with Crippen LogP contribution in [0.1, 0.15) is 16.8 Å². The number of aryl methyl sites for hydroxylation is 1. The van der Waals surface area contributed by atoms with E-state index < -0.39 is 0 Å². The molecule has 0 radical (unpaired) electrons. The van der Waals surface area contributed by atoms with Crippen molar-refractivity contribution in [3.05, 3.63) is 53.5 Å². The van der Waals surface area contributed by atoms with Crippen LogP contribution < -0.4 is 10.6 Å². The lowest BCUT2D eigenvalue weighted by atomic mass is 10.1. The molecule has 0 bridgehead atoms. The summed E-state index contributed by atoms with van der Waals surface area (Å²) in [5, 5.41) is 11.7. The zero-order chi connectivity index (χ0) is 14.5. The predicted octanol–water partition coefficient (Wildman–Crippen LogP) is 1.52. The average Bonchev–Trinajstić information content (AvgIpc) is 2.46.